The van der Waals surface area contributed by atoms with Gasteiger partial charge in [0, 0.05) is 13.0 Å². The first-order valence-corrected chi connectivity index (χ1v) is 7.27. The van der Waals surface area contributed by atoms with Gasteiger partial charge in [-0.1, -0.05) is 29.8 Å². The molecule has 1 aromatic rings. The highest BCUT2D eigenvalue weighted by atomic mass is 35.5. The molecule has 0 unspecified atom stereocenters. The van der Waals surface area contributed by atoms with E-state index in [9.17, 15) is 4.79 Å². The minimum atomic E-state index is 0. The molecule has 4 heteroatoms. The lowest BCUT2D eigenvalue weighted by Crippen LogP contribution is -2.33. The molecule has 1 amide bonds. The summed E-state index contributed by atoms with van der Waals surface area (Å²) < 4.78 is 0. The van der Waals surface area contributed by atoms with Crippen molar-refractivity contribution in [3.05, 3.63) is 35.4 Å². The number of hydrogen-bond donors (Lipinski definition) is 2. The predicted molar refractivity (Wildman–Crippen MR) is 85.4 cm³/mol. The van der Waals surface area contributed by atoms with E-state index in [1.165, 1.54) is 11.1 Å². The fourth-order valence-electron chi connectivity index (χ4n) is 2.63. The molecule has 1 fully saturated rings. The molecule has 112 valence electrons. The molecule has 1 aliphatic rings. The third kappa shape index (κ3) is 5.93. The number of carbonyl (C=O) groups is 1. The summed E-state index contributed by atoms with van der Waals surface area (Å²) in [4.78, 5) is 11.8. The maximum Gasteiger partial charge on any atom is 0.220 e. The molecule has 1 heterocycles. The third-order valence-corrected chi connectivity index (χ3v) is 3.75. The van der Waals surface area contributed by atoms with Gasteiger partial charge in [0.1, 0.15) is 0 Å². The average Bonchev–Trinajstić information content (AvgIpc) is 2.40. The Morgan fingerprint density at radius 2 is 2.10 bits per heavy atom. The summed E-state index contributed by atoms with van der Waals surface area (Å²) in [5.74, 6) is 0.778. The zero-order valence-electron chi connectivity index (χ0n) is 12.2. The first-order chi connectivity index (χ1) is 9.24. The van der Waals surface area contributed by atoms with Crippen molar-refractivity contribution < 1.29 is 4.79 Å². The Hall–Kier alpha value is -1.06. The van der Waals surface area contributed by atoms with Gasteiger partial charge >= 0.3 is 0 Å². The second-order valence-electron chi connectivity index (χ2n) is 5.49. The Bertz CT molecular complexity index is 417. The zero-order valence-corrected chi connectivity index (χ0v) is 13.0. The lowest BCUT2D eigenvalue weighted by molar-refractivity contribution is -0.122. The topological polar surface area (TPSA) is 41.1 Å². The summed E-state index contributed by atoms with van der Waals surface area (Å²) in [6.45, 7) is 4.95. The molecule has 0 aromatic heterocycles. The lowest BCUT2D eigenvalue weighted by atomic mass is 9.94. The molecule has 2 N–H and O–H groups in total. The maximum absolute atomic E-state index is 11.8. The number of piperidine rings is 1. The van der Waals surface area contributed by atoms with E-state index in [0.717, 1.165) is 38.9 Å². The number of carbonyl (C=O) groups excluding carboxylic acids is 1. The van der Waals surface area contributed by atoms with Gasteiger partial charge in [-0.3, -0.25) is 4.79 Å². The summed E-state index contributed by atoms with van der Waals surface area (Å²) in [6, 6.07) is 8.46. The van der Waals surface area contributed by atoms with Gasteiger partial charge in [0.25, 0.3) is 0 Å². The van der Waals surface area contributed by atoms with Crippen LogP contribution in [0.25, 0.3) is 0 Å². The van der Waals surface area contributed by atoms with Crippen LogP contribution >= 0.6 is 12.4 Å². The molecular formula is C16H25ClN2O. The monoisotopic (exact) mass is 296 g/mol. The minimum Gasteiger partial charge on any atom is -0.356 e. The third-order valence-electron chi connectivity index (χ3n) is 3.75. The number of benzene rings is 1. The number of halogens is 1. The Kier molecular flexibility index (Phi) is 7.63. The van der Waals surface area contributed by atoms with Gasteiger partial charge in [-0.15, -0.1) is 12.4 Å². The smallest absolute Gasteiger partial charge is 0.220 e. The van der Waals surface area contributed by atoms with Crippen LogP contribution in [-0.4, -0.2) is 25.5 Å². The standard InChI is InChI=1S/C16H24N2O.ClH/c1-13-3-2-4-14(11-13)7-10-18-16(19)12-15-5-8-17-9-6-15;/h2-4,11,15,17H,5-10,12H2,1H3,(H,18,19);1H. The Balaban J connectivity index is 0.00000200. The number of hydrogen-bond acceptors (Lipinski definition) is 2. The van der Waals surface area contributed by atoms with Gasteiger partial charge in [0.15, 0.2) is 0 Å². The maximum atomic E-state index is 11.8. The Morgan fingerprint density at radius 3 is 2.80 bits per heavy atom. The van der Waals surface area contributed by atoms with Crippen molar-refractivity contribution in [1.82, 2.24) is 10.6 Å². The van der Waals surface area contributed by atoms with Crippen molar-refractivity contribution in [3.63, 3.8) is 0 Å². The summed E-state index contributed by atoms with van der Waals surface area (Å²) in [7, 11) is 0. The molecular weight excluding hydrogens is 272 g/mol. The largest absolute Gasteiger partial charge is 0.356 e. The zero-order chi connectivity index (χ0) is 13.5. The van der Waals surface area contributed by atoms with Crippen LogP contribution in [0.5, 0.6) is 0 Å². The van der Waals surface area contributed by atoms with Gasteiger partial charge < -0.3 is 10.6 Å². The summed E-state index contributed by atoms with van der Waals surface area (Å²) in [5, 5.41) is 6.36. The molecule has 1 saturated heterocycles. The molecule has 0 saturated carbocycles. The van der Waals surface area contributed by atoms with Gasteiger partial charge in [0.2, 0.25) is 5.91 Å². The van der Waals surface area contributed by atoms with Crippen molar-refractivity contribution in [1.29, 1.82) is 0 Å². The van der Waals surface area contributed by atoms with Crippen molar-refractivity contribution in [3.8, 4) is 0 Å². The highest BCUT2D eigenvalue weighted by Gasteiger charge is 2.16. The number of nitrogens with one attached hydrogen (secondary N) is 2. The number of rotatable bonds is 5. The summed E-state index contributed by atoms with van der Waals surface area (Å²) in [5.41, 5.74) is 2.57. The van der Waals surface area contributed by atoms with Gasteiger partial charge in [-0.2, -0.15) is 0 Å². The minimum absolute atomic E-state index is 0. The summed E-state index contributed by atoms with van der Waals surface area (Å²) >= 11 is 0. The van der Waals surface area contributed by atoms with Crippen LogP contribution in [0.15, 0.2) is 24.3 Å². The lowest BCUT2D eigenvalue weighted by Gasteiger charge is -2.21. The van der Waals surface area contributed by atoms with E-state index in [2.05, 4.69) is 41.8 Å². The molecule has 0 aliphatic carbocycles. The molecule has 20 heavy (non-hydrogen) atoms. The fourth-order valence-corrected chi connectivity index (χ4v) is 2.63. The quantitative estimate of drug-likeness (QED) is 0.876. The number of amides is 1. The second kappa shape index (κ2) is 8.98. The first kappa shape index (κ1) is 17.0. The van der Waals surface area contributed by atoms with Crippen LogP contribution < -0.4 is 10.6 Å². The molecule has 1 aromatic carbocycles. The molecule has 1 aliphatic heterocycles. The average molecular weight is 297 g/mol. The van der Waals surface area contributed by atoms with Crippen LogP contribution in [0.3, 0.4) is 0 Å². The van der Waals surface area contributed by atoms with E-state index < -0.39 is 0 Å². The summed E-state index contributed by atoms with van der Waals surface area (Å²) in [6.07, 6.45) is 3.87. The number of aryl methyl sites for hydroxylation is 1. The first-order valence-electron chi connectivity index (χ1n) is 7.27. The van der Waals surface area contributed by atoms with Crippen LogP contribution in [0.1, 0.15) is 30.4 Å². The van der Waals surface area contributed by atoms with E-state index in [-0.39, 0.29) is 18.3 Å². The molecule has 0 radical (unpaired) electrons. The van der Waals surface area contributed by atoms with E-state index in [1.807, 2.05) is 0 Å². The van der Waals surface area contributed by atoms with Crippen LogP contribution in [0.2, 0.25) is 0 Å². The molecule has 2 rings (SSSR count). The van der Waals surface area contributed by atoms with Gasteiger partial charge in [-0.25, -0.2) is 0 Å². The second-order valence-corrected chi connectivity index (χ2v) is 5.49. The Morgan fingerprint density at radius 1 is 1.35 bits per heavy atom. The van der Waals surface area contributed by atoms with Crippen molar-refractivity contribution in [2.45, 2.75) is 32.6 Å². The molecule has 3 nitrogen and oxygen atoms in total. The normalized spacial score (nSPS) is 15.4. The Labute approximate surface area is 127 Å². The van der Waals surface area contributed by atoms with E-state index in [0.29, 0.717) is 12.3 Å². The van der Waals surface area contributed by atoms with Crippen LogP contribution in [-0.2, 0) is 11.2 Å². The molecule has 0 bridgehead atoms. The van der Waals surface area contributed by atoms with Crippen molar-refractivity contribution in [2.75, 3.05) is 19.6 Å². The molecule has 0 atom stereocenters. The van der Waals surface area contributed by atoms with Crippen LogP contribution in [0.4, 0.5) is 0 Å². The highest BCUT2D eigenvalue weighted by molar-refractivity contribution is 5.85. The van der Waals surface area contributed by atoms with Crippen LogP contribution in [0, 0.1) is 12.8 Å². The van der Waals surface area contributed by atoms with E-state index >= 15 is 0 Å². The molecule has 0 spiro atoms. The SMILES string of the molecule is Cc1cccc(CCNC(=O)CC2CCNCC2)c1.Cl. The van der Waals surface area contributed by atoms with E-state index in [4.69, 9.17) is 0 Å². The predicted octanol–water partition coefficient (Wildman–Crippen LogP) is 2.47. The van der Waals surface area contributed by atoms with E-state index in [1.54, 1.807) is 0 Å². The van der Waals surface area contributed by atoms with Gasteiger partial charge in [0.05, 0.1) is 0 Å². The fraction of sp³-hybridized carbons (Fsp3) is 0.562. The highest BCUT2D eigenvalue weighted by Crippen LogP contribution is 2.15. The van der Waals surface area contributed by atoms with Crippen molar-refractivity contribution in [2.24, 2.45) is 5.92 Å². The van der Waals surface area contributed by atoms with Crippen molar-refractivity contribution >= 4 is 18.3 Å². The van der Waals surface area contributed by atoms with Gasteiger partial charge in [-0.05, 0) is 50.8 Å².